The number of thioether (sulfide) groups is 1. The van der Waals surface area contributed by atoms with Gasteiger partial charge in [0.1, 0.15) is 11.0 Å². The van der Waals surface area contributed by atoms with Gasteiger partial charge in [-0.25, -0.2) is 9.97 Å². The molecule has 0 aliphatic heterocycles. The topological polar surface area (TPSA) is 58.1 Å². The number of hydrogen-bond acceptors (Lipinski definition) is 5. The van der Waals surface area contributed by atoms with Gasteiger partial charge in [0.05, 0.1) is 0 Å². The summed E-state index contributed by atoms with van der Waals surface area (Å²) in [6.45, 7) is 2.05. The van der Waals surface area contributed by atoms with Crippen molar-refractivity contribution in [2.75, 3.05) is 11.9 Å². The summed E-state index contributed by atoms with van der Waals surface area (Å²) in [5.41, 5.74) is 3.07. The van der Waals surface area contributed by atoms with Crippen LogP contribution in [0, 0.1) is 0 Å². The molecular formula is C29H35ClN4OS. The van der Waals surface area contributed by atoms with Crippen molar-refractivity contribution in [3.05, 3.63) is 82.5 Å². The second-order valence-corrected chi connectivity index (χ2v) is 10.9. The molecule has 1 amide bonds. The number of aromatic nitrogens is 2. The standard InChI is InChI=1S/C29H35ClN4OS/c1-21(13-14-22-9-5-3-6-10-22)31-28(35)24-17-15-23(16-18-24)20-36-29-32-26(30)19-27(33-29)34(2)25-11-7-4-8-12-25/h3,5-6,9-10,15-19,21,25H,4,7-8,11-14,20H2,1-2H3,(H,31,35). The first-order chi connectivity index (χ1) is 17.5. The predicted molar refractivity (Wildman–Crippen MR) is 150 cm³/mol. The van der Waals surface area contributed by atoms with Crippen LogP contribution >= 0.6 is 23.4 Å². The molecule has 0 spiro atoms. The van der Waals surface area contributed by atoms with Crippen molar-refractivity contribution in [2.24, 2.45) is 0 Å². The molecule has 36 heavy (non-hydrogen) atoms. The van der Waals surface area contributed by atoms with Gasteiger partial charge in [-0.1, -0.05) is 85.1 Å². The highest BCUT2D eigenvalue weighted by molar-refractivity contribution is 7.98. The van der Waals surface area contributed by atoms with Crippen molar-refractivity contribution in [1.82, 2.24) is 15.3 Å². The quantitative estimate of drug-likeness (QED) is 0.177. The Morgan fingerprint density at radius 3 is 2.50 bits per heavy atom. The number of halogens is 1. The molecule has 0 bridgehead atoms. The first-order valence-corrected chi connectivity index (χ1v) is 14.2. The summed E-state index contributed by atoms with van der Waals surface area (Å²) in [6.07, 6.45) is 8.12. The van der Waals surface area contributed by atoms with Crippen LogP contribution in [0.25, 0.3) is 0 Å². The highest BCUT2D eigenvalue weighted by Gasteiger charge is 2.20. The number of hydrogen-bond donors (Lipinski definition) is 1. The van der Waals surface area contributed by atoms with Crippen LogP contribution in [-0.2, 0) is 12.2 Å². The molecule has 1 N–H and O–H groups in total. The maximum atomic E-state index is 12.7. The van der Waals surface area contributed by atoms with Crippen LogP contribution in [0.4, 0.5) is 5.82 Å². The predicted octanol–water partition coefficient (Wildman–Crippen LogP) is 6.94. The lowest BCUT2D eigenvalue weighted by molar-refractivity contribution is 0.0938. The Kier molecular flexibility index (Phi) is 9.65. The lowest BCUT2D eigenvalue weighted by Gasteiger charge is -2.32. The molecule has 0 saturated heterocycles. The number of amides is 1. The van der Waals surface area contributed by atoms with E-state index in [1.165, 1.54) is 37.7 Å². The van der Waals surface area contributed by atoms with Crippen LogP contribution in [0.2, 0.25) is 5.15 Å². The summed E-state index contributed by atoms with van der Waals surface area (Å²) < 4.78 is 0. The van der Waals surface area contributed by atoms with E-state index in [9.17, 15) is 4.79 Å². The van der Waals surface area contributed by atoms with Crippen molar-refractivity contribution in [2.45, 2.75) is 74.9 Å². The van der Waals surface area contributed by atoms with Crippen LogP contribution < -0.4 is 10.2 Å². The number of rotatable bonds is 10. The van der Waals surface area contributed by atoms with E-state index in [0.29, 0.717) is 27.7 Å². The van der Waals surface area contributed by atoms with Gasteiger partial charge in [-0.2, -0.15) is 0 Å². The number of nitrogens with one attached hydrogen (secondary N) is 1. The molecule has 1 fully saturated rings. The third kappa shape index (κ3) is 7.71. The average molecular weight is 523 g/mol. The summed E-state index contributed by atoms with van der Waals surface area (Å²) in [5, 5.41) is 4.26. The molecule has 1 heterocycles. The van der Waals surface area contributed by atoms with Crippen molar-refractivity contribution in [3.63, 3.8) is 0 Å². The number of aryl methyl sites for hydroxylation is 1. The van der Waals surface area contributed by atoms with Crippen LogP contribution in [0.5, 0.6) is 0 Å². The fraction of sp³-hybridized carbons (Fsp3) is 0.414. The van der Waals surface area contributed by atoms with Gasteiger partial charge in [-0.3, -0.25) is 4.79 Å². The van der Waals surface area contributed by atoms with Gasteiger partial charge in [-0.15, -0.1) is 0 Å². The Labute approximate surface area is 224 Å². The van der Waals surface area contributed by atoms with Crippen molar-refractivity contribution in [1.29, 1.82) is 0 Å². The highest BCUT2D eigenvalue weighted by Crippen LogP contribution is 2.29. The van der Waals surface area contributed by atoms with Gasteiger partial charge < -0.3 is 10.2 Å². The molecule has 0 radical (unpaired) electrons. The third-order valence-corrected chi connectivity index (χ3v) is 7.93. The Morgan fingerprint density at radius 1 is 1.06 bits per heavy atom. The number of carbonyl (C=O) groups excluding carboxylic acids is 1. The van der Waals surface area contributed by atoms with E-state index in [0.717, 1.165) is 24.2 Å². The summed E-state index contributed by atoms with van der Waals surface area (Å²) in [7, 11) is 2.11. The third-order valence-electron chi connectivity index (χ3n) is 6.82. The minimum absolute atomic E-state index is 0.0386. The van der Waals surface area contributed by atoms with E-state index < -0.39 is 0 Å². The van der Waals surface area contributed by atoms with E-state index in [4.69, 9.17) is 16.6 Å². The van der Waals surface area contributed by atoms with E-state index in [1.54, 1.807) is 11.8 Å². The zero-order chi connectivity index (χ0) is 25.3. The first-order valence-electron chi connectivity index (χ1n) is 12.8. The van der Waals surface area contributed by atoms with Crippen molar-refractivity contribution in [3.8, 4) is 0 Å². The summed E-state index contributed by atoms with van der Waals surface area (Å²) >= 11 is 7.89. The molecule has 190 valence electrons. The van der Waals surface area contributed by atoms with Crippen molar-refractivity contribution < 1.29 is 4.79 Å². The van der Waals surface area contributed by atoms with Crippen LogP contribution in [-0.4, -0.2) is 35.0 Å². The molecule has 1 saturated carbocycles. The maximum absolute atomic E-state index is 12.7. The fourth-order valence-electron chi connectivity index (χ4n) is 4.59. The van der Waals surface area contributed by atoms with E-state index in [1.807, 2.05) is 48.5 Å². The van der Waals surface area contributed by atoms with Gasteiger partial charge in [0.2, 0.25) is 0 Å². The Hall–Kier alpha value is -2.57. The number of anilines is 1. The van der Waals surface area contributed by atoms with E-state index in [-0.39, 0.29) is 11.9 Å². The Morgan fingerprint density at radius 2 is 1.78 bits per heavy atom. The van der Waals surface area contributed by atoms with E-state index >= 15 is 0 Å². The van der Waals surface area contributed by atoms with Gasteiger partial charge in [0.25, 0.3) is 5.91 Å². The lowest BCUT2D eigenvalue weighted by atomic mass is 9.94. The minimum atomic E-state index is -0.0386. The zero-order valence-corrected chi connectivity index (χ0v) is 22.7. The molecule has 3 aromatic rings. The first kappa shape index (κ1) is 26.5. The monoisotopic (exact) mass is 522 g/mol. The molecule has 7 heteroatoms. The lowest BCUT2D eigenvalue weighted by Crippen LogP contribution is -2.34. The van der Waals surface area contributed by atoms with Gasteiger partial charge in [0, 0.05) is 36.5 Å². The van der Waals surface area contributed by atoms with Gasteiger partial charge in [-0.05, 0) is 55.9 Å². The average Bonchev–Trinajstić information content (AvgIpc) is 2.91. The second-order valence-electron chi connectivity index (χ2n) is 9.62. The maximum Gasteiger partial charge on any atom is 0.251 e. The Balaban J connectivity index is 1.28. The highest BCUT2D eigenvalue weighted by atomic mass is 35.5. The summed E-state index contributed by atoms with van der Waals surface area (Å²) in [6, 6.07) is 20.6. The fourth-order valence-corrected chi connectivity index (χ4v) is 5.63. The number of carbonyl (C=O) groups is 1. The number of benzene rings is 2. The Bertz CT molecular complexity index is 1120. The van der Waals surface area contributed by atoms with Crippen LogP contribution in [0.1, 0.15) is 66.9 Å². The number of nitrogens with zero attached hydrogens (tertiary/aromatic N) is 3. The molecule has 1 unspecified atom stereocenters. The second kappa shape index (κ2) is 13.1. The molecular weight excluding hydrogens is 488 g/mol. The molecule has 2 aromatic carbocycles. The van der Waals surface area contributed by atoms with Crippen molar-refractivity contribution >= 4 is 35.1 Å². The van der Waals surface area contributed by atoms with Gasteiger partial charge in [0.15, 0.2) is 5.16 Å². The zero-order valence-electron chi connectivity index (χ0n) is 21.1. The SMILES string of the molecule is CC(CCc1ccccc1)NC(=O)c1ccc(CSc2nc(Cl)cc(N(C)C3CCCCC3)n2)cc1. The van der Waals surface area contributed by atoms with Gasteiger partial charge >= 0.3 is 0 Å². The normalized spacial score (nSPS) is 14.9. The molecule has 4 rings (SSSR count). The molecule has 1 aromatic heterocycles. The van der Waals surface area contributed by atoms with Crippen LogP contribution in [0.3, 0.4) is 0 Å². The van der Waals surface area contributed by atoms with Crippen LogP contribution in [0.15, 0.2) is 65.8 Å². The smallest absolute Gasteiger partial charge is 0.251 e. The largest absolute Gasteiger partial charge is 0.357 e. The molecule has 1 atom stereocenters. The summed E-state index contributed by atoms with van der Waals surface area (Å²) in [4.78, 5) is 24.1. The molecule has 5 nitrogen and oxygen atoms in total. The summed E-state index contributed by atoms with van der Waals surface area (Å²) in [5.74, 6) is 1.56. The van der Waals surface area contributed by atoms with E-state index in [2.05, 4.69) is 41.3 Å². The molecule has 1 aliphatic carbocycles. The molecule has 1 aliphatic rings. The minimum Gasteiger partial charge on any atom is -0.357 e.